The van der Waals surface area contributed by atoms with Crippen LogP contribution in [0.2, 0.25) is 0 Å². The molecule has 2 atom stereocenters. The van der Waals surface area contributed by atoms with Crippen molar-refractivity contribution in [3.05, 3.63) is 54.1 Å². The summed E-state index contributed by atoms with van der Waals surface area (Å²) in [6, 6.07) is 8.63. The van der Waals surface area contributed by atoms with Gasteiger partial charge in [-0.25, -0.2) is 14.8 Å². The number of hydrogen-bond acceptors (Lipinski definition) is 6. The Labute approximate surface area is 227 Å². The number of fused-ring (bicyclic) bond motifs is 2. The van der Waals surface area contributed by atoms with E-state index in [9.17, 15) is 4.79 Å². The van der Waals surface area contributed by atoms with E-state index in [4.69, 9.17) is 15.2 Å². The molecule has 1 aliphatic carbocycles. The Morgan fingerprint density at radius 1 is 1.10 bits per heavy atom. The van der Waals surface area contributed by atoms with Gasteiger partial charge in [-0.3, -0.25) is 0 Å². The molecule has 9 nitrogen and oxygen atoms in total. The Hall–Kier alpha value is -4.03. The number of pyridine rings is 1. The standard InChI is InChI=1S/C30H34N6O3/c1-30(2,3)39-29(37)35-16-22(14-23(35)17-38-4)34-15-20(27-26(34)11-12-32-28(27)31)7-5-19-6-10-25-24(13-19)33-18-36(25)21-8-9-21/h6,10-13,15,18,21-23H,8-9,14,16-17H2,1-4H3,(H2,31,32)/t22-,23+/m0/s1. The van der Waals surface area contributed by atoms with E-state index >= 15 is 0 Å². The van der Waals surface area contributed by atoms with Gasteiger partial charge >= 0.3 is 6.09 Å². The van der Waals surface area contributed by atoms with E-state index < -0.39 is 5.60 Å². The number of imidazole rings is 1. The van der Waals surface area contributed by atoms with Crippen LogP contribution in [-0.4, -0.2) is 62.0 Å². The minimum atomic E-state index is -0.575. The van der Waals surface area contributed by atoms with Crippen molar-refractivity contribution in [3.8, 4) is 11.8 Å². The second-order valence-corrected chi connectivity index (χ2v) is 11.5. The summed E-state index contributed by atoms with van der Waals surface area (Å²) in [5.41, 5.74) is 10.5. The molecule has 6 rings (SSSR count). The molecule has 3 aromatic heterocycles. The van der Waals surface area contributed by atoms with Gasteiger partial charge in [0.05, 0.1) is 52.5 Å². The smallest absolute Gasteiger partial charge is 0.410 e. The molecule has 202 valence electrons. The number of methoxy groups -OCH3 is 1. The number of ether oxygens (including phenoxy) is 2. The van der Waals surface area contributed by atoms with Crippen LogP contribution in [-0.2, 0) is 9.47 Å². The normalized spacial score (nSPS) is 19.4. The Morgan fingerprint density at radius 3 is 2.67 bits per heavy atom. The minimum Gasteiger partial charge on any atom is -0.444 e. The molecule has 0 unspecified atom stereocenters. The Morgan fingerprint density at radius 2 is 1.92 bits per heavy atom. The molecule has 2 fully saturated rings. The fourth-order valence-corrected chi connectivity index (χ4v) is 5.51. The van der Waals surface area contributed by atoms with Crippen molar-refractivity contribution in [1.29, 1.82) is 0 Å². The molecule has 9 heteroatoms. The number of nitrogens with two attached hydrogens (primary N) is 1. The fraction of sp³-hybridized carbons (Fsp3) is 0.433. The summed E-state index contributed by atoms with van der Waals surface area (Å²) in [6.07, 6.45) is 8.51. The summed E-state index contributed by atoms with van der Waals surface area (Å²) in [4.78, 5) is 23.7. The SMILES string of the molecule is COC[C@H]1C[C@H](n2cc(C#Cc3ccc4c(c3)ncn4C3CC3)c3c(N)nccc32)CN1C(=O)OC(C)(C)C. The van der Waals surface area contributed by atoms with E-state index in [1.165, 1.54) is 12.8 Å². The number of anilines is 1. The first-order chi connectivity index (χ1) is 18.7. The van der Waals surface area contributed by atoms with Crippen LogP contribution in [0.3, 0.4) is 0 Å². The van der Waals surface area contributed by atoms with E-state index in [0.29, 0.717) is 25.0 Å². The van der Waals surface area contributed by atoms with Crippen LogP contribution in [0.4, 0.5) is 10.6 Å². The molecule has 1 aliphatic heterocycles. The van der Waals surface area contributed by atoms with E-state index in [1.807, 2.05) is 51.5 Å². The average molecular weight is 527 g/mol. The number of amides is 1. The highest BCUT2D eigenvalue weighted by atomic mass is 16.6. The van der Waals surface area contributed by atoms with Crippen molar-refractivity contribution in [1.82, 2.24) is 24.0 Å². The third kappa shape index (κ3) is 4.92. The number of nitrogens with zero attached hydrogens (tertiary/aromatic N) is 5. The zero-order valence-electron chi connectivity index (χ0n) is 22.8. The van der Waals surface area contributed by atoms with Crippen LogP contribution in [0.25, 0.3) is 21.9 Å². The van der Waals surface area contributed by atoms with Gasteiger partial charge in [0.1, 0.15) is 11.4 Å². The maximum Gasteiger partial charge on any atom is 0.410 e. The molecular formula is C30H34N6O3. The zero-order chi connectivity index (χ0) is 27.3. The van der Waals surface area contributed by atoms with Gasteiger partial charge in [0, 0.05) is 37.7 Å². The third-order valence-corrected chi connectivity index (χ3v) is 7.40. The van der Waals surface area contributed by atoms with Crippen molar-refractivity contribution < 1.29 is 14.3 Å². The van der Waals surface area contributed by atoms with Crippen LogP contribution in [0.1, 0.15) is 63.2 Å². The number of rotatable bonds is 4. The second kappa shape index (κ2) is 9.62. The first-order valence-electron chi connectivity index (χ1n) is 13.4. The number of benzene rings is 1. The van der Waals surface area contributed by atoms with Crippen molar-refractivity contribution in [3.63, 3.8) is 0 Å². The molecule has 1 amide bonds. The van der Waals surface area contributed by atoms with Gasteiger partial charge in [-0.15, -0.1) is 0 Å². The van der Waals surface area contributed by atoms with Gasteiger partial charge in [-0.05, 0) is 64.3 Å². The molecule has 0 bridgehead atoms. The maximum atomic E-state index is 13.0. The fourth-order valence-electron chi connectivity index (χ4n) is 5.51. The van der Waals surface area contributed by atoms with Crippen molar-refractivity contribution in [2.75, 3.05) is 26.0 Å². The van der Waals surface area contributed by atoms with Gasteiger partial charge in [-0.1, -0.05) is 11.8 Å². The predicted molar refractivity (Wildman–Crippen MR) is 150 cm³/mol. The van der Waals surface area contributed by atoms with Crippen LogP contribution < -0.4 is 5.73 Å². The van der Waals surface area contributed by atoms with Crippen LogP contribution in [0.15, 0.2) is 43.0 Å². The van der Waals surface area contributed by atoms with Crippen molar-refractivity contribution in [2.24, 2.45) is 0 Å². The van der Waals surface area contributed by atoms with E-state index in [1.54, 1.807) is 18.2 Å². The van der Waals surface area contributed by atoms with Gasteiger partial charge in [-0.2, -0.15) is 0 Å². The first kappa shape index (κ1) is 25.3. The van der Waals surface area contributed by atoms with Crippen LogP contribution in [0.5, 0.6) is 0 Å². The largest absolute Gasteiger partial charge is 0.444 e. The highest BCUT2D eigenvalue weighted by Gasteiger charge is 2.39. The number of likely N-dealkylation sites (tertiary alicyclic amines) is 1. The van der Waals surface area contributed by atoms with E-state index in [-0.39, 0.29) is 18.2 Å². The molecule has 0 radical (unpaired) electrons. The summed E-state index contributed by atoms with van der Waals surface area (Å²) in [5, 5.41) is 0.822. The number of carbonyl (C=O) groups is 1. The molecule has 4 heterocycles. The van der Waals surface area contributed by atoms with Gasteiger partial charge in [0.25, 0.3) is 0 Å². The minimum absolute atomic E-state index is 0.0141. The number of aromatic nitrogens is 4. The highest BCUT2D eigenvalue weighted by Crippen LogP contribution is 2.37. The lowest BCUT2D eigenvalue weighted by molar-refractivity contribution is 0.0146. The van der Waals surface area contributed by atoms with E-state index in [0.717, 1.165) is 39.5 Å². The molecular weight excluding hydrogens is 492 g/mol. The van der Waals surface area contributed by atoms with Crippen LogP contribution >= 0.6 is 0 Å². The lowest BCUT2D eigenvalue weighted by atomic mass is 10.1. The summed E-state index contributed by atoms with van der Waals surface area (Å²) < 4.78 is 15.6. The monoisotopic (exact) mass is 526 g/mol. The lowest BCUT2D eigenvalue weighted by Crippen LogP contribution is -2.41. The molecule has 2 N–H and O–H groups in total. The lowest BCUT2D eigenvalue weighted by Gasteiger charge is -2.28. The van der Waals surface area contributed by atoms with Gasteiger partial charge in [0.2, 0.25) is 0 Å². The van der Waals surface area contributed by atoms with Crippen LogP contribution in [0, 0.1) is 11.8 Å². The summed E-state index contributed by atoms with van der Waals surface area (Å²) in [6.45, 7) is 6.56. The molecule has 1 aromatic carbocycles. The number of hydrogen-bond donors (Lipinski definition) is 1. The molecule has 1 saturated carbocycles. The number of carbonyl (C=O) groups excluding carboxylic acids is 1. The summed E-state index contributed by atoms with van der Waals surface area (Å²) >= 11 is 0. The predicted octanol–water partition coefficient (Wildman–Crippen LogP) is 4.90. The topological polar surface area (TPSA) is 100 Å². The maximum absolute atomic E-state index is 13.0. The van der Waals surface area contributed by atoms with E-state index in [2.05, 4.69) is 37.0 Å². The quantitative estimate of drug-likeness (QED) is 0.380. The summed E-state index contributed by atoms with van der Waals surface area (Å²) in [7, 11) is 1.65. The summed E-state index contributed by atoms with van der Waals surface area (Å²) in [5.74, 6) is 7.09. The highest BCUT2D eigenvalue weighted by molar-refractivity contribution is 5.95. The molecule has 39 heavy (non-hydrogen) atoms. The molecule has 0 spiro atoms. The molecule has 2 aliphatic rings. The average Bonchev–Trinajstić information content (AvgIpc) is 3.33. The first-order valence-corrected chi connectivity index (χ1v) is 13.4. The third-order valence-electron chi connectivity index (χ3n) is 7.40. The van der Waals surface area contributed by atoms with Gasteiger partial charge in [0.15, 0.2) is 0 Å². The van der Waals surface area contributed by atoms with Crippen molar-refractivity contribution in [2.45, 2.75) is 63.8 Å². The Bertz CT molecular complexity index is 1610. The molecule has 4 aromatic rings. The second-order valence-electron chi connectivity index (χ2n) is 11.5. The Balaban J connectivity index is 1.33. The Kier molecular flexibility index (Phi) is 6.23. The zero-order valence-corrected chi connectivity index (χ0v) is 22.8. The molecule has 1 saturated heterocycles. The number of nitrogen functional groups attached to an aromatic ring is 1. The van der Waals surface area contributed by atoms with Gasteiger partial charge < -0.3 is 29.2 Å². The van der Waals surface area contributed by atoms with Crippen molar-refractivity contribution >= 4 is 33.8 Å².